The van der Waals surface area contributed by atoms with Crippen LogP contribution in [0.5, 0.6) is 5.75 Å². The monoisotopic (exact) mass is 472 g/mol. The minimum atomic E-state index is -0.0512. The Bertz CT molecular complexity index is 1110. The zero-order chi connectivity index (χ0) is 22.7. The number of benzene rings is 2. The fourth-order valence-corrected chi connectivity index (χ4v) is 4.03. The third kappa shape index (κ3) is 5.44. The molecule has 0 saturated carbocycles. The van der Waals surface area contributed by atoms with Crippen LogP contribution in [0.1, 0.15) is 27.2 Å². The maximum Gasteiger partial charge on any atom is 0.274 e. The second kappa shape index (κ2) is 9.94. The molecule has 32 heavy (non-hydrogen) atoms. The quantitative estimate of drug-likeness (QED) is 0.516. The Labute approximate surface area is 198 Å². The predicted octanol–water partition coefficient (Wildman–Crippen LogP) is 4.80. The first kappa shape index (κ1) is 22.6. The molecule has 0 atom stereocenters. The summed E-state index contributed by atoms with van der Waals surface area (Å²) in [5.74, 6) is 0.774. The van der Waals surface area contributed by atoms with Crippen LogP contribution in [-0.2, 0) is 13.3 Å². The third-order valence-corrected chi connectivity index (χ3v) is 6.34. The van der Waals surface area contributed by atoms with Gasteiger partial charge in [0.2, 0.25) is 0 Å². The number of carbonyl (C=O) groups excluding carboxylic acids is 1. The smallest absolute Gasteiger partial charge is 0.274 e. The van der Waals surface area contributed by atoms with E-state index in [2.05, 4.69) is 16.1 Å². The Morgan fingerprint density at radius 3 is 2.53 bits per heavy atom. The Balaban J connectivity index is 1.29. The molecule has 4 rings (SSSR count). The number of nitrogens with zero attached hydrogens (tertiary/aromatic N) is 4. The van der Waals surface area contributed by atoms with Gasteiger partial charge in [-0.1, -0.05) is 41.4 Å². The van der Waals surface area contributed by atoms with Crippen molar-refractivity contribution in [2.45, 2.75) is 27.1 Å². The highest BCUT2D eigenvalue weighted by Crippen LogP contribution is 2.24. The van der Waals surface area contributed by atoms with Crippen LogP contribution in [0.4, 0.5) is 0 Å². The molecule has 1 amide bonds. The summed E-state index contributed by atoms with van der Waals surface area (Å²) in [7, 11) is 0. The fourth-order valence-electron chi connectivity index (χ4n) is 3.71. The number of aromatic nitrogens is 2. The van der Waals surface area contributed by atoms with Crippen LogP contribution in [0.25, 0.3) is 0 Å². The van der Waals surface area contributed by atoms with Crippen molar-refractivity contribution in [3.8, 4) is 5.75 Å². The van der Waals surface area contributed by atoms with E-state index in [-0.39, 0.29) is 12.6 Å². The molecule has 2 aromatic carbocycles. The van der Waals surface area contributed by atoms with E-state index in [0.29, 0.717) is 28.8 Å². The lowest BCUT2D eigenvalue weighted by Gasteiger charge is -2.34. The maximum atomic E-state index is 12.9. The molecule has 0 radical (unpaired) electrons. The molecular formula is C24H26Cl2N4O2. The predicted molar refractivity (Wildman–Crippen MR) is 126 cm³/mol. The van der Waals surface area contributed by atoms with Crippen LogP contribution < -0.4 is 4.74 Å². The molecule has 0 spiro atoms. The minimum absolute atomic E-state index is 0.0512. The largest absolute Gasteiger partial charge is 0.471 e. The van der Waals surface area contributed by atoms with E-state index in [1.165, 1.54) is 0 Å². The molecule has 1 fully saturated rings. The molecular weight excluding hydrogens is 447 g/mol. The van der Waals surface area contributed by atoms with Crippen molar-refractivity contribution < 1.29 is 9.53 Å². The number of aryl methyl sites for hydroxylation is 2. The third-order valence-electron chi connectivity index (χ3n) is 5.61. The number of amides is 1. The number of ether oxygens (including phenoxy) is 1. The van der Waals surface area contributed by atoms with Gasteiger partial charge in [-0.25, -0.2) is 4.68 Å². The van der Waals surface area contributed by atoms with Crippen LogP contribution >= 0.6 is 23.2 Å². The topological polar surface area (TPSA) is 50.6 Å². The summed E-state index contributed by atoms with van der Waals surface area (Å²) in [4.78, 5) is 17.0. The lowest BCUT2D eigenvalue weighted by Crippen LogP contribution is -2.48. The molecule has 3 aromatic rings. The summed E-state index contributed by atoms with van der Waals surface area (Å²) in [5, 5.41) is 5.54. The molecule has 0 aliphatic carbocycles. The minimum Gasteiger partial charge on any atom is -0.471 e. The number of hydrogen-bond acceptors (Lipinski definition) is 4. The zero-order valence-electron chi connectivity index (χ0n) is 18.2. The van der Waals surface area contributed by atoms with Crippen molar-refractivity contribution in [3.63, 3.8) is 0 Å². The first-order valence-corrected chi connectivity index (χ1v) is 11.3. The van der Waals surface area contributed by atoms with Gasteiger partial charge in [0.15, 0.2) is 12.4 Å². The van der Waals surface area contributed by atoms with Gasteiger partial charge in [-0.2, -0.15) is 5.10 Å². The van der Waals surface area contributed by atoms with E-state index in [1.807, 2.05) is 49.1 Å². The van der Waals surface area contributed by atoms with Gasteiger partial charge in [0, 0.05) is 38.9 Å². The zero-order valence-corrected chi connectivity index (χ0v) is 19.7. The Morgan fingerprint density at radius 2 is 1.78 bits per heavy atom. The highest BCUT2D eigenvalue weighted by Gasteiger charge is 2.24. The first-order chi connectivity index (χ1) is 15.4. The summed E-state index contributed by atoms with van der Waals surface area (Å²) >= 11 is 12.1. The van der Waals surface area contributed by atoms with Gasteiger partial charge < -0.3 is 9.64 Å². The molecule has 0 bridgehead atoms. The van der Waals surface area contributed by atoms with Crippen molar-refractivity contribution >= 4 is 29.1 Å². The standard InChI is InChI=1S/C24H26Cl2N4O2/c1-17-3-4-18(2)23(13-17)32-16-30-8-7-22(27-30)24(31)29-11-9-28(10-12-29)15-19-5-6-20(25)21(26)14-19/h3-8,13-14H,9-12,15-16H2,1-2H3. The summed E-state index contributed by atoms with van der Waals surface area (Å²) in [6, 6.07) is 13.5. The lowest BCUT2D eigenvalue weighted by molar-refractivity contribution is 0.0621. The molecule has 2 heterocycles. The highest BCUT2D eigenvalue weighted by molar-refractivity contribution is 6.42. The number of carbonyl (C=O) groups is 1. The average Bonchev–Trinajstić information content (AvgIpc) is 3.26. The molecule has 168 valence electrons. The molecule has 1 aliphatic heterocycles. The Hall–Kier alpha value is -2.54. The van der Waals surface area contributed by atoms with E-state index >= 15 is 0 Å². The molecule has 1 aromatic heterocycles. The highest BCUT2D eigenvalue weighted by atomic mass is 35.5. The molecule has 1 saturated heterocycles. The van der Waals surface area contributed by atoms with Gasteiger partial charge >= 0.3 is 0 Å². The van der Waals surface area contributed by atoms with Gasteiger partial charge in [0.25, 0.3) is 5.91 Å². The molecule has 1 aliphatic rings. The van der Waals surface area contributed by atoms with Crippen LogP contribution in [0.3, 0.4) is 0 Å². The summed E-state index contributed by atoms with van der Waals surface area (Å²) < 4.78 is 7.53. The second-order valence-corrected chi connectivity index (χ2v) is 8.91. The van der Waals surface area contributed by atoms with E-state index in [4.69, 9.17) is 27.9 Å². The van der Waals surface area contributed by atoms with E-state index in [9.17, 15) is 4.79 Å². The Kier molecular flexibility index (Phi) is 7.04. The molecule has 0 unspecified atom stereocenters. The number of halogens is 2. The lowest BCUT2D eigenvalue weighted by atomic mass is 10.1. The summed E-state index contributed by atoms with van der Waals surface area (Å²) in [6.07, 6.45) is 1.78. The van der Waals surface area contributed by atoms with Crippen molar-refractivity contribution in [2.24, 2.45) is 0 Å². The van der Waals surface area contributed by atoms with E-state index in [1.54, 1.807) is 16.9 Å². The van der Waals surface area contributed by atoms with Crippen LogP contribution in [0, 0.1) is 13.8 Å². The van der Waals surface area contributed by atoms with Crippen LogP contribution in [-0.4, -0.2) is 51.7 Å². The summed E-state index contributed by atoms with van der Waals surface area (Å²) in [6.45, 7) is 7.98. The van der Waals surface area contributed by atoms with Crippen molar-refractivity contribution in [1.82, 2.24) is 19.6 Å². The van der Waals surface area contributed by atoms with E-state index < -0.39 is 0 Å². The number of hydrogen-bond donors (Lipinski definition) is 0. The molecule has 0 N–H and O–H groups in total. The van der Waals surface area contributed by atoms with Gasteiger partial charge in [0.05, 0.1) is 10.0 Å². The molecule has 6 nitrogen and oxygen atoms in total. The van der Waals surface area contributed by atoms with Gasteiger partial charge in [-0.15, -0.1) is 0 Å². The average molecular weight is 473 g/mol. The number of rotatable bonds is 6. The molecule has 8 heteroatoms. The first-order valence-electron chi connectivity index (χ1n) is 10.6. The normalized spacial score (nSPS) is 14.6. The Morgan fingerprint density at radius 1 is 1.00 bits per heavy atom. The SMILES string of the molecule is Cc1ccc(C)c(OCn2ccc(C(=O)N3CCN(Cc4ccc(Cl)c(Cl)c4)CC3)n2)c1. The van der Waals surface area contributed by atoms with Gasteiger partial charge in [-0.05, 0) is 54.8 Å². The maximum absolute atomic E-state index is 12.9. The van der Waals surface area contributed by atoms with Crippen LogP contribution in [0.2, 0.25) is 10.0 Å². The van der Waals surface area contributed by atoms with Crippen LogP contribution in [0.15, 0.2) is 48.7 Å². The summed E-state index contributed by atoms with van der Waals surface area (Å²) in [5.41, 5.74) is 3.76. The second-order valence-electron chi connectivity index (χ2n) is 8.10. The van der Waals surface area contributed by atoms with Gasteiger partial charge in [-0.3, -0.25) is 9.69 Å². The van der Waals surface area contributed by atoms with Crippen molar-refractivity contribution in [3.05, 3.63) is 81.1 Å². The number of piperazine rings is 1. The van der Waals surface area contributed by atoms with Crippen molar-refractivity contribution in [1.29, 1.82) is 0 Å². The fraction of sp³-hybridized carbons (Fsp3) is 0.333. The van der Waals surface area contributed by atoms with Gasteiger partial charge in [0.1, 0.15) is 5.75 Å². The van der Waals surface area contributed by atoms with Crippen molar-refractivity contribution in [2.75, 3.05) is 26.2 Å². The van der Waals surface area contributed by atoms with E-state index in [0.717, 1.165) is 42.1 Å².